The van der Waals surface area contributed by atoms with Gasteiger partial charge < -0.3 is 11.1 Å². The summed E-state index contributed by atoms with van der Waals surface area (Å²) in [6.07, 6.45) is 4.54. The lowest BCUT2D eigenvalue weighted by Crippen LogP contribution is -2.20. The van der Waals surface area contributed by atoms with Crippen molar-refractivity contribution in [3.8, 4) is 11.4 Å². The minimum absolute atomic E-state index is 0.139. The third-order valence-corrected chi connectivity index (χ3v) is 7.89. The van der Waals surface area contributed by atoms with Crippen LogP contribution in [0.2, 0.25) is 0 Å². The van der Waals surface area contributed by atoms with E-state index >= 15 is 0 Å². The van der Waals surface area contributed by atoms with Gasteiger partial charge in [0, 0.05) is 17.0 Å². The molecule has 2 aromatic heterocycles. The molecule has 4 rings (SSSR count). The Morgan fingerprint density at radius 3 is 2.88 bits per heavy atom. The van der Waals surface area contributed by atoms with Crippen LogP contribution in [-0.4, -0.2) is 32.3 Å². The maximum Gasteiger partial charge on any atom is 0.251 e. The van der Waals surface area contributed by atoms with E-state index in [1.807, 2.05) is 35.8 Å². The van der Waals surface area contributed by atoms with E-state index < -0.39 is 5.91 Å². The summed E-state index contributed by atoms with van der Waals surface area (Å²) in [5, 5.41) is 12.8. The van der Waals surface area contributed by atoms with Gasteiger partial charge in [-0.15, -0.1) is 28.1 Å². The van der Waals surface area contributed by atoms with Crippen LogP contribution >= 0.6 is 23.1 Å². The molecule has 1 aliphatic rings. The number of thioether (sulfide) groups is 1. The van der Waals surface area contributed by atoms with Crippen LogP contribution in [0.5, 0.6) is 0 Å². The first-order valence-electron chi connectivity index (χ1n) is 10.9. The Balaban J connectivity index is 1.51. The molecule has 0 fully saturated rings. The SMILES string of the molecule is C=CCn1c(SCC(=O)Nc2sc3c(c2C(N)=O)CCC(C)C3)nnc1-c1ccccc1C. The molecule has 0 bridgehead atoms. The average molecular weight is 482 g/mol. The molecule has 1 aliphatic carbocycles. The minimum Gasteiger partial charge on any atom is -0.365 e. The van der Waals surface area contributed by atoms with E-state index in [0.29, 0.717) is 28.2 Å². The summed E-state index contributed by atoms with van der Waals surface area (Å²) in [5.74, 6) is 0.750. The van der Waals surface area contributed by atoms with Crippen LogP contribution in [0.25, 0.3) is 11.4 Å². The van der Waals surface area contributed by atoms with Gasteiger partial charge in [0.15, 0.2) is 11.0 Å². The Morgan fingerprint density at radius 1 is 1.36 bits per heavy atom. The molecule has 2 heterocycles. The van der Waals surface area contributed by atoms with Gasteiger partial charge in [-0.25, -0.2) is 0 Å². The molecule has 9 heteroatoms. The van der Waals surface area contributed by atoms with E-state index in [0.717, 1.165) is 46.7 Å². The maximum absolute atomic E-state index is 12.8. The molecule has 1 atom stereocenters. The summed E-state index contributed by atoms with van der Waals surface area (Å²) in [6, 6.07) is 7.98. The van der Waals surface area contributed by atoms with Crippen molar-refractivity contribution >= 4 is 39.9 Å². The monoisotopic (exact) mass is 481 g/mol. The molecule has 1 aromatic carbocycles. The molecule has 7 nitrogen and oxygen atoms in total. The van der Waals surface area contributed by atoms with Gasteiger partial charge in [-0.1, -0.05) is 49.0 Å². The van der Waals surface area contributed by atoms with Gasteiger partial charge in [0.25, 0.3) is 5.91 Å². The van der Waals surface area contributed by atoms with Crippen molar-refractivity contribution in [1.82, 2.24) is 14.8 Å². The van der Waals surface area contributed by atoms with E-state index in [1.165, 1.54) is 23.1 Å². The van der Waals surface area contributed by atoms with Crippen LogP contribution in [0.4, 0.5) is 5.00 Å². The first kappa shape index (κ1) is 23.3. The van der Waals surface area contributed by atoms with Gasteiger partial charge in [0.1, 0.15) is 5.00 Å². The number of nitrogens with one attached hydrogen (secondary N) is 1. The largest absolute Gasteiger partial charge is 0.365 e. The van der Waals surface area contributed by atoms with Gasteiger partial charge in [-0.3, -0.25) is 14.2 Å². The number of carbonyl (C=O) groups excluding carboxylic acids is 2. The van der Waals surface area contributed by atoms with Crippen molar-refractivity contribution < 1.29 is 9.59 Å². The van der Waals surface area contributed by atoms with E-state index in [2.05, 4.69) is 29.0 Å². The quantitative estimate of drug-likeness (QED) is 0.365. The number of fused-ring (bicyclic) bond motifs is 1. The lowest BCUT2D eigenvalue weighted by atomic mass is 9.88. The Hall–Kier alpha value is -2.91. The van der Waals surface area contributed by atoms with Crippen LogP contribution in [-0.2, 0) is 24.2 Å². The fourth-order valence-corrected chi connectivity index (χ4v) is 6.28. The van der Waals surface area contributed by atoms with Crippen LogP contribution in [0.15, 0.2) is 42.1 Å². The molecule has 0 aliphatic heterocycles. The lowest BCUT2D eigenvalue weighted by molar-refractivity contribution is -0.113. The van der Waals surface area contributed by atoms with Crippen LogP contribution < -0.4 is 11.1 Å². The summed E-state index contributed by atoms with van der Waals surface area (Å²) in [6.45, 7) is 8.60. The Morgan fingerprint density at radius 2 is 2.15 bits per heavy atom. The Bertz CT molecular complexity index is 1210. The van der Waals surface area contributed by atoms with E-state index in [-0.39, 0.29) is 11.7 Å². The zero-order chi connectivity index (χ0) is 23.5. The summed E-state index contributed by atoms with van der Waals surface area (Å²) in [7, 11) is 0. The molecule has 3 aromatic rings. The predicted molar refractivity (Wildman–Crippen MR) is 134 cm³/mol. The molecule has 3 N–H and O–H groups in total. The number of hydrogen-bond acceptors (Lipinski definition) is 6. The molecule has 0 spiro atoms. The highest BCUT2D eigenvalue weighted by molar-refractivity contribution is 7.99. The number of nitrogens with zero attached hydrogens (tertiary/aromatic N) is 3. The second-order valence-corrected chi connectivity index (χ2v) is 10.3. The summed E-state index contributed by atoms with van der Waals surface area (Å²) < 4.78 is 1.95. The fraction of sp³-hybridized carbons (Fsp3) is 0.333. The van der Waals surface area contributed by atoms with Gasteiger partial charge in [-0.2, -0.15) is 0 Å². The molecule has 0 saturated heterocycles. The number of rotatable bonds is 8. The number of hydrogen-bond donors (Lipinski definition) is 2. The van der Waals surface area contributed by atoms with Crippen molar-refractivity contribution in [2.75, 3.05) is 11.1 Å². The third-order valence-electron chi connectivity index (χ3n) is 5.76. The number of nitrogens with two attached hydrogens (primary N) is 1. The summed E-state index contributed by atoms with van der Waals surface area (Å²) in [4.78, 5) is 26.1. The van der Waals surface area contributed by atoms with E-state index in [1.54, 1.807) is 6.08 Å². The normalized spacial score (nSPS) is 15.2. The van der Waals surface area contributed by atoms with Crippen LogP contribution in [0.3, 0.4) is 0 Å². The van der Waals surface area contributed by atoms with Crippen molar-refractivity contribution in [2.24, 2.45) is 11.7 Å². The topological polar surface area (TPSA) is 103 Å². The lowest BCUT2D eigenvalue weighted by Gasteiger charge is -2.18. The predicted octanol–water partition coefficient (Wildman–Crippen LogP) is 4.46. The van der Waals surface area contributed by atoms with Crippen molar-refractivity contribution in [2.45, 2.75) is 44.8 Å². The molecule has 2 amide bonds. The first-order valence-corrected chi connectivity index (χ1v) is 12.7. The molecular weight excluding hydrogens is 454 g/mol. The smallest absolute Gasteiger partial charge is 0.251 e. The standard InChI is InChI=1S/C24H27N5O2S2/c1-4-11-29-22(16-8-6-5-7-15(16)3)27-28-24(29)32-13-19(30)26-23-20(21(25)31)17-10-9-14(2)12-18(17)33-23/h4-8,14H,1,9-13H2,2-3H3,(H2,25,31)(H,26,30). The van der Waals surface area contributed by atoms with Gasteiger partial charge in [-0.05, 0) is 43.2 Å². The average Bonchev–Trinajstić information content (AvgIpc) is 3.33. The number of carbonyl (C=O) groups is 2. The molecular formula is C24H27N5O2S2. The number of aryl methyl sites for hydroxylation is 1. The van der Waals surface area contributed by atoms with Crippen molar-refractivity contribution in [1.29, 1.82) is 0 Å². The number of allylic oxidation sites excluding steroid dienone is 1. The minimum atomic E-state index is -0.487. The van der Waals surface area contributed by atoms with Gasteiger partial charge in [0.05, 0.1) is 11.3 Å². The van der Waals surface area contributed by atoms with Crippen molar-refractivity contribution in [3.05, 3.63) is 58.5 Å². The molecule has 1 unspecified atom stereocenters. The fourth-order valence-electron chi connectivity index (χ4n) is 4.10. The molecule has 33 heavy (non-hydrogen) atoms. The highest BCUT2D eigenvalue weighted by Gasteiger charge is 2.27. The number of primary amides is 1. The zero-order valence-electron chi connectivity index (χ0n) is 18.8. The molecule has 0 radical (unpaired) electrons. The van der Waals surface area contributed by atoms with E-state index in [4.69, 9.17) is 5.73 Å². The van der Waals surface area contributed by atoms with Gasteiger partial charge >= 0.3 is 0 Å². The van der Waals surface area contributed by atoms with Crippen LogP contribution in [0, 0.1) is 12.8 Å². The number of amides is 2. The Kier molecular flexibility index (Phi) is 6.99. The van der Waals surface area contributed by atoms with Crippen LogP contribution in [0.1, 0.15) is 39.7 Å². The third kappa shape index (κ3) is 4.89. The maximum atomic E-state index is 12.8. The highest BCUT2D eigenvalue weighted by Crippen LogP contribution is 2.39. The number of benzene rings is 1. The second-order valence-electron chi connectivity index (χ2n) is 8.28. The van der Waals surface area contributed by atoms with E-state index in [9.17, 15) is 9.59 Å². The Labute approximate surface area is 201 Å². The number of thiophene rings is 1. The zero-order valence-corrected chi connectivity index (χ0v) is 20.4. The number of aromatic nitrogens is 3. The highest BCUT2D eigenvalue weighted by atomic mass is 32.2. The molecule has 172 valence electrons. The van der Waals surface area contributed by atoms with Gasteiger partial charge in [0.2, 0.25) is 5.91 Å². The molecule has 0 saturated carbocycles. The summed E-state index contributed by atoms with van der Waals surface area (Å²) in [5.41, 5.74) is 9.22. The van der Waals surface area contributed by atoms with Crippen molar-refractivity contribution in [3.63, 3.8) is 0 Å². The summed E-state index contributed by atoms with van der Waals surface area (Å²) >= 11 is 2.77. The first-order chi connectivity index (χ1) is 15.9. The second kappa shape index (κ2) is 9.93. The number of anilines is 1.